The normalized spacial score (nSPS) is 14.3. The fraction of sp³-hybridized carbons (Fsp3) is 0.500. The molecule has 0 saturated heterocycles. The summed E-state index contributed by atoms with van der Waals surface area (Å²) < 4.78 is 21.8. The number of hydrogen-bond donors (Lipinski definition) is 1. The van der Waals surface area contributed by atoms with Gasteiger partial charge in [0.15, 0.2) is 0 Å². The Hall–Kier alpha value is -0.390. The van der Waals surface area contributed by atoms with Crippen LogP contribution < -0.4 is 5.73 Å². The topological polar surface area (TPSA) is 60.2 Å². The van der Waals surface area contributed by atoms with Gasteiger partial charge in [-0.3, -0.25) is 0 Å². The Balaban J connectivity index is 2.47. The van der Waals surface area contributed by atoms with E-state index in [4.69, 9.17) is 5.73 Å². The van der Waals surface area contributed by atoms with Gasteiger partial charge in [0.05, 0.1) is 5.75 Å². The third kappa shape index (κ3) is 4.40. The van der Waals surface area contributed by atoms with Crippen molar-refractivity contribution in [3.8, 4) is 0 Å². The fourth-order valence-electron chi connectivity index (χ4n) is 1.13. The van der Waals surface area contributed by atoms with Crippen molar-refractivity contribution in [1.82, 2.24) is 0 Å². The summed E-state index contributed by atoms with van der Waals surface area (Å²) in [6.07, 6.45) is 1.85. The van der Waals surface area contributed by atoms with Crippen LogP contribution in [-0.2, 0) is 16.3 Å². The first kappa shape index (κ1) is 10.7. The molecule has 0 aromatic carbocycles. The van der Waals surface area contributed by atoms with E-state index >= 15 is 0 Å². The van der Waals surface area contributed by atoms with Crippen molar-refractivity contribution in [2.24, 2.45) is 5.73 Å². The van der Waals surface area contributed by atoms with Gasteiger partial charge in [-0.15, -0.1) is 11.3 Å². The second-order valence-corrected chi connectivity index (χ2v) is 6.35. The molecule has 0 fully saturated rings. The highest BCUT2D eigenvalue weighted by Gasteiger charge is 2.11. The molecule has 1 aromatic rings. The summed E-state index contributed by atoms with van der Waals surface area (Å²) in [5.41, 5.74) is 5.68. The van der Waals surface area contributed by atoms with E-state index in [1.54, 1.807) is 11.3 Å². The molecule has 0 aliphatic rings. The highest BCUT2D eigenvalue weighted by molar-refractivity contribution is 7.90. The van der Waals surface area contributed by atoms with Crippen LogP contribution >= 0.6 is 11.3 Å². The quantitative estimate of drug-likeness (QED) is 0.809. The van der Waals surface area contributed by atoms with E-state index in [0.29, 0.717) is 6.42 Å². The van der Waals surface area contributed by atoms with Crippen molar-refractivity contribution in [1.29, 1.82) is 0 Å². The molecule has 2 N–H and O–H groups in total. The summed E-state index contributed by atoms with van der Waals surface area (Å²) >= 11 is 1.60. The second-order valence-electron chi connectivity index (χ2n) is 3.14. The third-order valence-corrected chi connectivity index (χ3v) is 3.49. The maximum atomic E-state index is 10.9. The summed E-state index contributed by atoms with van der Waals surface area (Å²) in [6.45, 7) is 0. The average molecular weight is 219 g/mol. The monoisotopic (exact) mass is 219 g/mol. The maximum Gasteiger partial charge on any atom is 0.148 e. The van der Waals surface area contributed by atoms with Gasteiger partial charge in [0.25, 0.3) is 0 Å². The molecule has 0 aliphatic carbocycles. The first-order valence-corrected chi connectivity index (χ1v) is 6.87. The maximum absolute atomic E-state index is 10.9. The van der Waals surface area contributed by atoms with Crippen LogP contribution in [0.1, 0.15) is 4.88 Å². The minimum atomic E-state index is -2.95. The molecule has 13 heavy (non-hydrogen) atoms. The van der Waals surface area contributed by atoms with Crippen LogP contribution in [-0.4, -0.2) is 26.5 Å². The Kier molecular flexibility index (Phi) is 3.47. The fourth-order valence-corrected chi connectivity index (χ4v) is 2.83. The smallest absolute Gasteiger partial charge is 0.148 e. The van der Waals surface area contributed by atoms with E-state index in [2.05, 4.69) is 0 Å². The van der Waals surface area contributed by atoms with Gasteiger partial charge in [-0.25, -0.2) is 8.42 Å². The van der Waals surface area contributed by atoms with Crippen LogP contribution in [0.15, 0.2) is 17.5 Å². The number of nitrogens with two attached hydrogens (primary N) is 1. The highest BCUT2D eigenvalue weighted by atomic mass is 32.2. The number of thiophene rings is 1. The van der Waals surface area contributed by atoms with Gasteiger partial charge in [-0.2, -0.15) is 0 Å². The van der Waals surface area contributed by atoms with Crippen LogP contribution in [0.2, 0.25) is 0 Å². The predicted molar refractivity (Wildman–Crippen MR) is 55.7 cm³/mol. The standard InChI is InChI=1S/C8H13NO2S2/c1-13(10,11)6-7(9)5-8-3-2-4-12-8/h2-4,7H,5-6,9H2,1H3. The Bertz CT molecular complexity index is 342. The Morgan fingerprint density at radius 3 is 2.77 bits per heavy atom. The van der Waals surface area contributed by atoms with Crippen molar-refractivity contribution in [2.45, 2.75) is 12.5 Å². The lowest BCUT2D eigenvalue weighted by molar-refractivity contribution is 0.592. The van der Waals surface area contributed by atoms with Crippen LogP contribution in [0.3, 0.4) is 0 Å². The molecule has 0 amide bonds. The van der Waals surface area contributed by atoms with E-state index in [1.165, 1.54) is 6.26 Å². The van der Waals surface area contributed by atoms with Crippen LogP contribution in [0.4, 0.5) is 0 Å². The van der Waals surface area contributed by atoms with Crippen molar-refractivity contribution >= 4 is 21.2 Å². The molecule has 74 valence electrons. The molecular weight excluding hydrogens is 206 g/mol. The molecule has 1 unspecified atom stereocenters. The van der Waals surface area contributed by atoms with Crippen LogP contribution in [0.25, 0.3) is 0 Å². The SMILES string of the molecule is CS(=O)(=O)CC(N)Cc1cccs1. The molecule has 1 aromatic heterocycles. The molecule has 0 radical (unpaired) electrons. The van der Waals surface area contributed by atoms with Crippen molar-refractivity contribution in [3.63, 3.8) is 0 Å². The summed E-state index contributed by atoms with van der Waals surface area (Å²) in [7, 11) is -2.95. The van der Waals surface area contributed by atoms with Crippen molar-refractivity contribution in [2.75, 3.05) is 12.0 Å². The third-order valence-electron chi connectivity index (χ3n) is 1.56. The zero-order chi connectivity index (χ0) is 9.90. The van der Waals surface area contributed by atoms with E-state index in [0.717, 1.165) is 4.88 Å². The van der Waals surface area contributed by atoms with Gasteiger partial charge in [0.2, 0.25) is 0 Å². The first-order valence-electron chi connectivity index (χ1n) is 3.93. The molecule has 1 heterocycles. The zero-order valence-electron chi connectivity index (χ0n) is 7.43. The van der Waals surface area contributed by atoms with Gasteiger partial charge >= 0.3 is 0 Å². The highest BCUT2D eigenvalue weighted by Crippen LogP contribution is 2.10. The van der Waals surface area contributed by atoms with Crippen molar-refractivity contribution < 1.29 is 8.42 Å². The lowest BCUT2D eigenvalue weighted by Crippen LogP contribution is -2.30. The minimum absolute atomic E-state index is 0.0604. The summed E-state index contributed by atoms with van der Waals surface area (Å²) in [5, 5.41) is 1.96. The van der Waals surface area contributed by atoms with Crippen LogP contribution in [0.5, 0.6) is 0 Å². The van der Waals surface area contributed by atoms with Gasteiger partial charge in [0.1, 0.15) is 9.84 Å². The molecule has 5 heteroatoms. The summed E-state index contributed by atoms with van der Waals surface area (Å²) in [4.78, 5) is 1.14. The van der Waals surface area contributed by atoms with E-state index in [9.17, 15) is 8.42 Å². The molecular formula is C8H13NO2S2. The number of sulfone groups is 1. The molecule has 0 spiro atoms. The number of rotatable bonds is 4. The van der Waals surface area contributed by atoms with Gasteiger partial charge < -0.3 is 5.73 Å². The van der Waals surface area contributed by atoms with Gasteiger partial charge in [0, 0.05) is 17.2 Å². The Morgan fingerprint density at radius 2 is 2.31 bits per heavy atom. The van der Waals surface area contributed by atoms with E-state index < -0.39 is 9.84 Å². The zero-order valence-corrected chi connectivity index (χ0v) is 9.07. The molecule has 1 atom stereocenters. The van der Waals surface area contributed by atoms with Crippen molar-refractivity contribution in [3.05, 3.63) is 22.4 Å². The molecule has 3 nitrogen and oxygen atoms in total. The largest absolute Gasteiger partial charge is 0.326 e. The predicted octanol–water partition coefficient (Wildman–Crippen LogP) is 0.662. The van der Waals surface area contributed by atoms with Gasteiger partial charge in [-0.1, -0.05) is 6.07 Å². The minimum Gasteiger partial charge on any atom is -0.326 e. The van der Waals surface area contributed by atoms with E-state index in [-0.39, 0.29) is 11.8 Å². The first-order chi connectivity index (χ1) is 5.97. The number of hydrogen-bond acceptors (Lipinski definition) is 4. The summed E-state index contributed by atoms with van der Waals surface area (Å²) in [5.74, 6) is 0.0604. The Labute approximate surface area is 82.5 Å². The van der Waals surface area contributed by atoms with E-state index in [1.807, 2.05) is 17.5 Å². The lowest BCUT2D eigenvalue weighted by atomic mass is 10.2. The average Bonchev–Trinajstić information content (AvgIpc) is 2.34. The second kappa shape index (κ2) is 4.21. The summed E-state index contributed by atoms with van der Waals surface area (Å²) in [6, 6.07) is 3.62. The molecule has 0 saturated carbocycles. The molecule has 0 bridgehead atoms. The molecule has 1 rings (SSSR count). The van der Waals surface area contributed by atoms with Crippen LogP contribution in [0, 0.1) is 0 Å². The molecule has 0 aliphatic heterocycles. The lowest BCUT2D eigenvalue weighted by Gasteiger charge is -2.07. The van der Waals surface area contributed by atoms with Gasteiger partial charge in [-0.05, 0) is 17.9 Å². The Morgan fingerprint density at radius 1 is 1.62 bits per heavy atom.